The second kappa shape index (κ2) is 5.02. The van der Waals surface area contributed by atoms with E-state index in [2.05, 4.69) is 22.3 Å². The van der Waals surface area contributed by atoms with Gasteiger partial charge in [-0.15, -0.1) is 17.4 Å². The molecule has 2 N–H and O–H groups in total. The number of nitrogens with one attached hydrogen (secondary N) is 2. The standard InChI is InChI=1S/C6H10N2O2S3/c9-5-3(1-11)7-6(10)4(8-5)2-13-12/h3-4,11-12H,1-2H2,(H,7,10)(H,8,9)/p-1/t3-,4-/m0/s1. The molecule has 0 spiro atoms. The molecule has 0 aromatic rings. The molecule has 1 aliphatic rings. The molecule has 7 heteroatoms. The van der Waals surface area contributed by atoms with Gasteiger partial charge in [-0.2, -0.15) is 0 Å². The number of carbonyl (C=O) groups is 2. The van der Waals surface area contributed by atoms with E-state index in [1.165, 1.54) is 10.8 Å². The third kappa shape index (κ3) is 2.72. The van der Waals surface area contributed by atoms with Crippen LogP contribution in [0.2, 0.25) is 0 Å². The van der Waals surface area contributed by atoms with E-state index in [9.17, 15) is 9.59 Å². The Kier molecular flexibility index (Phi) is 4.27. The van der Waals surface area contributed by atoms with Crippen molar-refractivity contribution in [2.75, 3.05) is 11.5 Å². The number of amides is 2. The predicted octanol–water partition coefficient (Wildman–Crippen LogP) is -0.906. The lowest BCUT2D eigenvalue weighted by molar-refractivity contribution is -0.135. The molecule has 74 valence electrons. The Morgan fingerprint density at radius 3 is 2.38 bits per heavy atom. The van der Waals surface area contributed by atoms with Crippen LogP contribution in [-0.4, -0.2) is 35.4 Å². The van der Waals surface area contributed by atoms with Crippen LogP contribution in [0.3, 0.4) is 0 Å². The van der Waals surface area contributed by atoms with Crippen molar-refractivity contribution < 1.29 is 9.59 Å². The molecule has 0 aromatic carbocycles. The molecule has 13 heavy (non-hydrogen) atoms. The van der Waals surface area contributed by atoms with E-state index in [0.29, 0.717) is 5.75 Å². The molecule has 0 saturated carbocycles. The molecular weight excluding hydrogens is 228 g/mol. The van der Waals surface area contributed by atoms with Crippen LogP contribution < -0.4 is 10.6 Å². The number of piperazine rings is 1. The molecule has 0 aromatic heterocycles. The number of thiol groups is 1. The van der Waals surface area contributed by atoms with Crippen molar-refractivity contribution in [3.05, 3.63) is 0 Å². The molecule has 0 radical (unpaired) electrons. The minimum absolute atomic E-state index is 0.184. The maximum absolute atomic E-state index is 11.3. The van der Waals surface area contributed by atoms with Gasteiger partial charge in [0, 0.05) is 5.75 Å². The van der Waals surface area contributed by atoms with Gasteiger partial charge in [0.25, 0.3) is 0 Å². The highest BCUT2D eigenvalue weighted by Gasteiger charge is 2.30. The quantitative estimate of drug-likeness (QED) is 0.338. The smallest absolute Gasteiger partial charge is 0.244 e. The Hall–Kier alpha value is -0.0100. The highest BCUT2D eigenvalue weighted by atomic mass is 33.1. The second-order valence-electron chi connectivity index (χ2n) is 2.58. The summed E-state index contributed by atoms with van der Waals surface area (Å²) in [4.78, 5) is 22.5. The molecule has 4 nitrogen and oxygen atoms in total. The zero-order chi connectivity index (χ0) is 9.84. The van der Waals surface area contributed by atoms with E-state index in [1.54, 1.807) is 0 Å². The third-order valence-corrected chi connectivity index (χ3v) is 2.94. The van der Waals surface area contributed by atoms with Crippen molar-refractivity contribution in [1.29, 1.82) is 0 Å². The molecule has 1 saturated heterocycles. The van der Waals surface area contributed by atoms with Gasteiger partial charge < -0.3 is 23.3 Å². The van der Waals surface area contributed by atoms with Crippen molar-refractivity contribution in [2.45, 2.75) is 12.1 Å². The van der Waals surface area contributed by atoms with Crippen LogP contribution in [0.5, 0.6) is 0 Å². The van der Waals surface area contributed by atoms with E-state index < -0.39 is 12.1 Å². The van der Waals surface area contributed by atoms with Crippen LogP contribution in [0.1, 0.15) is 0 Å². The van der Waals surface area contributed by atoms with Crippen molar-refractivity contribution >= 4 is 46.9 Å². The minimum Gasteiger partial charge on any atom is -0.790 e. The summed E-state index contributed by atoms with van der Waals surface area (Å²) in [6.07, 6.45) is 0. The largest absolute Gasteiger partial charge is 0.790 e. The fraction of sp³-hybridized carbons (Fsp3) is 0.667. The Morgan fingerprint density at radius 2 is 1.85 bits per heavy atom. The average molecular weight is 237 g/mol. The maximum atomic E-state index is 11.3. The van der Waals surface area contributed by atoms with Gasteiger partial charge in [0.1, 0.15) is 6.04 Å². The molecule has 2 atom stereocenters. The van der Waals surface area contributed by atoms with Gasteiger partial charge in [-0.3, -0.25) is 9.59 Å². The summed E-state index contributed by atoms with van der Waals surface area (Å²) in [5.74, 6) is 0.279. The fourth-order valence-corrected chi connectivity index (χ4v) is 2.05. The van der Waals surface area contributed by atoms with Gasteiger partial charge in [0.15, 0.2) is 0 Å². The first-order valence-corrected chi connectivity index (χ1v) is 6.25. The summed E-state index contributed by atoms with van der Waals surface area (Å²) in [6.45, 7) is 0. The number of rotatable bonds is 3. The lowest BCUT2D eigenvalue weighted by atomic mass is 10.2. The molecule has 1 fully saturated rings. The topological polar surface area (TPSA) is 58.2 Å². The summed E-state index contributed by atoms with van der Waals surface area (Å²) in [6, 6.07) is -1.03. The first-order valence-electron chi connectivity index (χ1n) is 3.64. The van der Waals surface area contributed by atoms with Gasteiger partial charge in [-0.25, -0.2) is 0 Å². The second-order valence-corrected chi connectivity index (χ2v) is 4.28. The minimum atomic E-state index is -0.552. The van der Waals surface area contributed by atoms with E-state index in [4.69, 9.17) is 12.6 Å². The predicted molar refractivity (Wildman–Crippen MR) is 57.5 cm³/mol. The summed E-state index contributed by atoms with van der Waals surface area (Å²) in [7, 11) is 1.22. The molecule has 1 heterocycles. The van der Waals surface area contributed by atoms with Crippen LogP contribution in [0.15, 0.2) is 0 Å². The van der Waals surface area contributed by atoms with Crippen LogP contribution in [0, 0.1) is 0 Å². The van der Waals surface area contributed by atoms with Gasteiger partial charge in [0.05, 0.1) is 6.04 Å². The first kappa shape index (κ1) is 11.1. The monoisotopic (exact) mass is 237 g/mol. The fourth-order valence-electron chi connectivity index (χ4n) is 0.985. The van der Waals surface area contributed by atoms with E-state index >= 15 is 0 Å². The van der Waals surface area contributed by atoms with Gasteiger partial charge in [0.2, 0.25) is 11.8 Å². The molecule has 0 bridgehead atoms. The number of hydrogen-bond acceptors (Lipinski definition) is 5. The maximum Gasteiger partial charge on any atom is 0.244 e. The molecule has 2 amide bonds. The van der Waals surface area contributed by atoms with Crippen LogP contribution >= 0.6 is 22.5 Å². The zero-order valence-corrected chi connectivity index (χ0v) is 9.18. The molecule has 0 aliphatic carbocycles. The summed E-state index contributed by atoms with van der Waals surface area (Å²) < 4.78 is 0. The lowest BCUT2D eigenvalue weighted by Crippen LogP contribution is -2.63. The van der Waals surface area contributed by atoms with E-state index in [-0.39, 0.29) is 17.6 Å². The first-order chi connectivity index (χ1) is 6.19. The van der Waals surface area contributed by atoms with Crippen molar-refractivity contribution in [3.8, 4) is 0 Å². The lowest BCUT2D eigenvalue weighted by Gasteiger charge is -2.30. The Labute approximate surface area is 90.8 Å². The van der Waals surface area contributed by atoms with E-state index in [1.807, 2.05) is 0 Å². The zero-order valence-electron chi connectivity index (χ0n) is 6.65. The Bertz CT molecular complexity index is 224. The van der Waals surface area contributed by atoms with Crippen LogP contribution in [-0.2, 0) is 22.2 Å². The highest BCUT2D eigenvalue weighted by molar-refractivity contribution is 8.68. The van der Waals surface area contributed by atoms with Gasteiger partial charge in [-0.05, 0) is 0 Å². The molecule has 1 aliphatic heterocycles. The highest BCUT2D eigenvalue weighted by Crippen LogP contribution is 2.09. The van der Waals surface area contributed by atoms with Crippen molar-refractivity contribution in [1.82, 2.24) is 10.6 Å². The third-order valence-electron chi connectivity index (χ3n) is 1.67. The Morgan fingerprint density at radius 1 is 1.31 bits per heavy atom. The van der Waals surface area contributed by atoms with Crippen molar-refractivity contribution in [3.63, 3.8) is 0 Å². The van der Waals surface area contributed by atoms with Crippen LogP contribution in [0.4, 0.5) is 0 Å². The van der Waals surface area contributed by atoms with Crippen molar-refractivity contribution in [2.24, 2.45) is 0 Å². The average Bonchev–Trinajstić information content (AvgIpc) is 2.11. The molecule has 0 unspecified atom stereocenters. The Balaban J connectivity index is 2.56. The summed E-state index contributed by atoms with van der Waals surface area (Å²) in [5, 5.41) is 5.13. The SMILES string of the molecule is O=C1N[C@@H](CSS)C(=O)N[C@H]1C[S-]. The number of carbonyl (C=O) groups excluding carboxylic acids is 2. The normalized spacial score (nSPS) is 28.2. The number of hydrogen-bond donors (Lipinski definition) is 3. The van der Waals surface area contributed by atoms with Gasteiger partial charge in [-0.1, -0.05) is 10.8 Å². The summed E-state index contributed by atoms with van der Waals surface area (Å²) in [5.41, 5.74) is 0. The van der Waals surface area contributed by atoms with Crippen LogP contribution in [0.25, 0.3) is 0 Å². The summed E-state index contributed by atoms with van der Waals surface area (Å²) >= 11 is 8.62. The molecule has 1 rings (SSSR count). The molecular formula is C6H9N2O2S3-. The van der Waals surface area contributed by atoms with Gasteiger partial charge >= 0.3 is 0 Å². The van der Waals surface area contributed by atoms with E-state index in [0.717, 1.165) is 0 Å².